The van der Waals surface area contributed by atoms with Crippen LogP contribution in [-0.2, 0) is 26.2 Å². The highest BCUT2D eigenvalue weighted by Crippen LogP contribution is 2.28. The van der Waals surface area contributed by atoms with Gasteiger partial charge in [0.05, 0.1) is 20.6 Å². The Balaban J connectivity index is 2.09. The van der Waals surface area contributed by atoms with Gasteiger partial charge in [-0.1, -0.05) is 72.6 Å². The largest absolute Gasteiger partial charge is 0.350 e. The van der Waals surface area contributed by atoms with Crippen molar-refractivity contribution in [1.82, 2.24) is 10.2 Å². The summed E-state index contributed by atoms with van der Waals surface area (Å²) in [6.07, 6.45) is 0.310. The van der Waals surface area contributed by atoms with Crippen LogP contribution in [0.1, 0.15) is 45.2 Å². The summed E-state index contributed by atoms with van der Waals surface area (Å²) in [5.41, 5.74) is 1.18. The van der Waals surface area contributed by atoms with Gasteiger partial charge in [-0.3, -0.25) is 13.9 Å². The van der Waals surface area contributed by atoms with Gasteiger partial charge in [-0.15, -0.1) is 0 Å². The maximum absolute atomic E-state index is 14.1. The Bertz CT molecular complexity index is 1460. The van der Waals surface area contributed by atoms with Gasteiger partial charge in [0.25, 0.3) is 10.0 Å². The molecule has 0 aliphatic rings. The summed E-state index contributed by atoms with van der Waals surface area (Å²) in [5, 5.41) is 3.62. The van der Waals surface area contributed by atoms with Crippen LogP contribution in [0.15, 0.2) is 77.7 Å². The van der Waals surface area contributed by atoms with Crippen LogP contribution >= 0.6 is 23.2 Å². The molecule has 3 aromatic rings. The highest BCUT2D eigenvalue weighted by Gasteiger charge is 2.35. The van der Waals surface area contributed by atoms with E-state index in [4.69, 9.17) is 23.2 Å². The minimum atomic E-state index is -4.13. The van der Waals surface area contributed by atoms with Crippen LogP contribution in [0.3, 0.4) is 0 Å². The number of para-hydroxylation sites is 1. The SMILES string of the molecule is CC[C@H](C(=O)NC(C)(C)C)N(Cc1ccc(Cl)c(Cl)c1)C(=O)CN(c1ccccc1C)S(=O)(=O)c1ccccc1. The van der Waals surface area contributed by atoms with E-state index in [-0.39, 0.29) is 17.3 Å². The van der Waals surface area contributed by atoms with E-state index in [0.717, 1.165) is 4.31 Å². The minimum absolute atomic E-state index is 0.0266. The zero-order chi connectivity index (χ0) is 29.7. The van der Waals surface area contributed by atoms with E-state index in [0.29, 0.717) is 33.3 Å². The van der Waals surface area contributed by atoms with E-state index >= 15 is 0 Å². The zero-order valence-corrected chi connectivity index (χ0v) is 25.6. The molecule has 0 spiro atoms. The number of halogens is 2. The normalized spacial score (nSPS) is 12.5. The van der Waals surface area contributed by atoms with Gasteiger partial charge in [-0.25, -0.2) is 8.42 Å². The van der Waals surface area contributed by atoms with Crippen molar-refractivity contribution in [2.75, 3.05) is 10.8 Å². The number of carbonyl (C=O) groups excluding carboxylic acids is 2. The molecular formula is C30H35Cl2N3O4S. The lowest BCUT2D eigenvalue weighted by Crippen LogP contribution is -2.55. The molecule has 1 N–H and O–H groups in total. The number of nitrogens with one attached hydrogen (secondary N) is 1. The van der Waals surface area contributed by atoms with Crippen molar-refractivity contribution in [2.24, 2.45) is 0 Å². The predicted octanol–water partition coefficient (Wildman–Crippen LogP) is 6.22. The fraction of sp³-hybridized carbons (Fsp3) is 0.333. The maximum Gasteiger partial charge on any atom is 0.264 e. The van der Waals surface area contributed by atoms with Crippen LogP contribution in [0.25, 0.3) is 0 Å². The molecule has 40 heavy (non-hydrogen) atoms. The Morgan fingerprint density at radius 3 is 2.12 bits per heavy atom. The van der Waals surface area contributed by atoms with Crippen LogP contribution in [-0.4, -0.2) is 43.3 Å². The first kappa shape index (κ1) is 31.5. The molecule has 0 saturated carbocycles. The molecular weight excluding hydrogens is 569 g/mol. The van der Waals surface area contributed by atoms with Crippen LogP contribution in [0.5, 0.6) is 0 Å². The lowest BCUT2D eigenvalue weighted by molar-refractivity contribution is -0.141. The number of nitrogens with zero attached hydrogens (tertiary/aromatic N) is 2. The molecule has 0 unspecified atom stereocenters. The summed E-state index contributed by atoms with van der Waals surface area (Å²) in [6, 6.07) is 19.1. The van der Waals surface area contributed by atoms with E-state index in [1.165, 1.54) is 17.0 Å². The lowest BCUT2D eigenvalue weighted by atomic mass is 10.1. The quantitative estimate of drug-likeness (QED) is 0.298. The number of amides is 2. The van der Waals surface area contributed by atoms with Gasteiger partial charge in [0.2, 0.25) is 11.8 Å². The molecule has 0 aliphatic carbocycles. The van der Waals surface area contributed by atoms with Crippen LogP contribution < -0.4 is 9.62 Å². The first-order valence-electron chi connectivity index (χ1n) is 12.9. The summed E-state index contributed by atoms with van der Waals surface area (Å²) in [4.78, 5) is 29.0. The fourth-order valence-electron chi connectivity index (χ4n) is 4.28. The molecule has 0 aromatic heterocycles. The van der Waals surface area contributed by atoms with Crippen molar-refractivity contribution in [3.8, 4) is 0 Å². The van der Waals surface area contributed by atoms with Crippen LogP contribution in [0, 0.1) is 6.92 Å². The maximum atomic E-state index is 14.1. The molecule has 214 valence electrons. The molecule has 0 fully saturated rings. The summed E-state index contributed by atoms with van der Waals surface area (Å²) in [5.74, 6) is -0.874. The molecule has 7 nitrogen and oxygen atoms in total. The molecule has 10 heteroatoms. The van der Waals surface area contributed by atoms with Crippen molar-refractivity contribution < 1.29 is 18.0 Å². The number of hydrogen-bond acceptors (Lipinski definition) is 4. The lowest BCUT2D eigenvalue weighted by Gasteiger charge is -2.35. The molecule has 0 aliphatic heterocycles. The van der Waals surface area contributed by atoms with Gasteiger partial charge in [-0.2, -0.15) is 0 Å². The van der Waals surface area contributed by atoms with Crippen molar-refractivity contribution >= 4 is 50.7 Å². The van der Waals surface area contributed by atoms with Crippen LogP contribution in [0.2, 0.25) is 10.0 Å². The first-order chi connectivity index (χ1) is 18.7. The Kier molecular flexibility index (Phi) is 10.3. The number of hydrogen-bond donors (Lipinski definition) is 1. The molecule has 3 rings (SSSR count). The number of rotatable bonds is 10. The average Bonchev–Trinajstić information content (AvgIpc) is 2.89. The Labute approximate surface area is 247 Å². The summed E-state index contributed by atoms with van der Waals surface area (Å²) >= 11 is 12.3. The Hall–Kier alpha value is -3.07. The third-order valence-electron chi connectivity index (χ3n) is 6.22. The summed E-state index contributed by atoms with van der Waals surface area (Å²) < 4.78 is 28.9. The molecule has 3 aromatic carbocycles. The number of aryl methyl sites for hydroxylation is 1. The number of anilines is 1. The number of sulfonamides is 1. The smallest absolute Gasteiger partial charge is 0.264 e. The molecule has 2 amide bonds. The molecule has 0 heterocycles. The van der Waals surface area contributed by atoms with Gasteiger partial charge in [-0.05, 0) is 75.6 Å². The second kappa shape index (κ2) is 13.1. The van der Waals surface area contributed by atoms with E-state index < -0.39 is 34.1 Å². The van der Waals surface area contributed by atoms with Gasteiger partial charge < -0.3 is 10.2 Å². The minimum Gasteiger partial charge on any atom is -0.350 e. The molecule has 1 atom stereocenters. The number of carbonyl (C=O) groups is 2. The highest BCUT2D eigenvalue weighted by molar-refractivity contribution is 7.92. The van der Waals surface area contributed by atoms with Gasteiger partial charge in [0, 0.05) is 12.1 Å². The van der Waals surface area contributed by atoms with Crippen molar-refractivity contribution in [2.45, 2.75) is 64.1 Å². The van der Waals surface area contributed by atoms with E-state index in [2.05, 4.69) is 5.32 Å². The first-order valence-corrected chi connectivity index (χ1v) is 15.1. The molecule has 0 saturated heterocycles. The van der Waals surface area contributed by atoms with Gasteiger partial charge >= 0.3 is 0 Å². The molecule has 0 bridgehead atoms. The number of benzene rings is 3. The second-order valence-electron chi connectivity index (χ2n) is 10.5. The fourth-order valence-corrected chi connectivity index (χ4v) is 6.10. The zero-order valence-electron chi connectivity index (χ0n) is 23.3. The van der Waals surface area contributed by atoms with E-state index in [1.54, 1.807) is 67.6 Å². The van der Waals surface area contributed by atoms with Crippen molar-refractivity contribution in [1.29, 1.82) is 0 Å². The summed E-state index contributed by atoms with van der Waals surface area (Å²) in [7, 11) is -4.13. The van der Waals surface area contributed by atoms with Gasteiger partial charge in [0.15, 0.2) is 0 Å². The monoisotopic (exact) mass is 603 g/mol. The van der Waals surface area contributed by atoms with Crippen molar-refractivity contribution in [3.63, 3.8) is 0 Å². The van der Waals surface area contributed by atoms with E-state index in [1.807, 2.05) is 27.7 Å². The van der Waals surface area contributed by atoms with E-state index in [9.17, 15) is 18.0 Å². The Morgan fingerprint density at radius 2 is 1.55 bits per heavy atom. The van der Waals surface area contributed by atoms with Crippen LogP contribution in [0.4, 0.5) is 5.69 Å². The topological polar surface area (TPSA) is 86.8 Å². The molecule has 0 radical (unpaired) electrons. The van der Waals surface area contributed by atoms with Crippen molar-refractivity contribution in [3.05, 3.63) is 94.0 Å². The third kappa shape index (κ3) is 7.77. The standard InChI is InChI=1S/C30H35Cl2N3O4S/c1-6-26(29(37)33-30(3,4)5)34(19-22-16-17-24(31)25(32)18-22)28(36)20-35(27-15-11-10-12-21(27)2)40(38,39)23-13-8-7-9-14-23/h7-18,26H,6,19-20H2,1-5H3,(H,33,37)/t26-/m1/s1. The second-order valence-corrected chi connectivity index (χ2v) is 13.2. The summed E-state index contributed by atoms with van der Waals surface area (Å²) in [6.45, 7) is 8.68. The highest BCUT2D eigenvalue weighted by atomic mass is 35.5. The Morgan fingerprint density at radius 1 is 0.925 bits per heavy atom. The average molecular weight is 605 g/mol. The third-order valence-corrected chi connectivity index (χ3v) is 8.73. The predicted molar refractivity (Wildman–Crippen MR) is 161 cm³/mol. The van der Waals surface area contributed by atoms with Gasteiger partial charge in [0.1, 0.15) is 12.6 Å².